The highest BCUT2D eigenvalue weighted by Gasteiger charge is 2.18. The predicted octanol–water partition coefficient (Wildman–Crippen LogP) is -1.89. The number of quaternary nitrogens is 1. The Bertz CT molecular complexity index is 354. The molecule has 0 atom stereocenters. The van der Waals surface area contributed by atoms with E-state index in [2.05, 4.69) is 11.3 Å². The molecule has 1 amide bonds. The molecule has 0 aliphatic rings. The van der Waals surface area contributed by atoms with Crippen LogP contribution in [-0.4, -0.2) is 31.1 Å². The average Bonchev–Trinajstić information content (AvgIpc) is 2.53. The topological polar surface area (TPSA) is 29.1 Å². The minimum Gasteiger partial charge on any atom is -1.00 e. The second kappa shape index (κ2) is 5.91. The monoisotopic (exact) mass is 288 g/mol. The summed E-state index contributed by atoms with van der Waals surface area (Å²) < 4.78 is 0.299. The van der Waals surface area contributed by atoms with Crippen LogP contribution < -0.4 is 22.4 Å². The molecule has 0 unspecified atom stereocenters. The van der Waals surface area contributed by atoms with E-state index in [1.807, 2.05) is 25.5 Å². The second-order valence-electron chi connectivity index (χ2n) is 3.47. The predicted molar refractivity (Wildman–Crippen MR) is 57.6 cm³/mol. The number of carbonyl (C=O) groups excluding carboxylic acids is 1. The van der Waals surface area contributed by atoms with Gasteiger partial charge in [0.1, 0.15) is 0 Å². The molecule has 0 saturated carbocycles. The van der Waals surface area contributed by atoms with Crippen LogP contribution in [0.1, 0.15) is 9.67 Å². The first-order chi connectivity index (χ1) is 6.55. The summed E-state index contributed by atoms with van der Waals surface area (Å²) in [6.07, 6.45) is 5.19. The number of terminal acetylenes is 1. The Hall–Kier alpha value is -0.830. The molecule has 1 rings (SSSR count). The summed E-state index contributed by atoms with van der Waals surface area (Å²) in [5, 5.41) is 1.87. The van der Waals surface area contributed by atoms with Gasteiger partial charge in [0.15, 0.2) is 6.54 Å². The van der Waals surface area contributed by atoms with Crippen molar-refractivity contribution >= 4 is 17.2 Å². The molecule has 0 aromatic carbocycles. The highest BCUT2D eigenvalue weighted by atomic mass is 79.9. The lowest BCUT2D eigenvalue weighted by molar-refractivity contribution is -0.917. The maximum absolute atomic E-state index is 11.6. The van der Waals surface area contributed by atoms with Crippen LogP contribution in [-0.2, 0) is 0 Å². The van der Waals surface area contributed by atoms with Crippen LogP contribution in [0.5, 0.6) is 0 Å². The SMILES string of the molecule is C#CC[N+](C)(C)NC(=O)c1cccs1.[Br-]. The molecule has 0 fully saturated rings. The van der Waals surface area contributed by atoms with Gasteiger partial charge in [-0.3, -0.25) is 4.79 Å². The van der Waals surface area contributed by atoms with Gasteiger partial charge < -0.3 is 17.0 Å². The molecule has 0 aliphatic carbocycles. The Kier molecular flexibility index (Phi) is 5.58. The van der Waals surface area contributed by atoms with Crippen LogP contribution in [0.2, 0.25) is 0 Å². The molecule has 1 N–H and O–H groups in total. The van der Waals surface area contributed by atoms with Gasteiger partial charge in [-0.05, 0) is 17.4 Å². The van der Waals surface area contributed by atoms with Crippen LogP contribution >= 0.6 is 11.3 Å². The molecular formula is C10H13BrN2OS. The summed E-state index contributed by atoms with van der Waals surface area (Å²) in [4.78, 5) is 12.3. The first-order valence-corrected chi connectivity index (χ1v) is 5.06. The van der Waals surface area contributed by atoms with Crippen molar-refractivity contribution in [3.63, 3.8) is 0 Å². The van der Waals surface area contributed by atoms with Crippen molar-refractivity contribution in [2.24, 2.45) is 0 Å². The fraction of sp³-hybridized carbons (Fsp3) is 0.300. The molecule has 1 aromatic heterocycles. The minimum absolute atomic E-state index is 0. The highest BCUT2D eigenvalue weighted by molar-refractivity contribution is 7.12. The average molecular weight is 289 g/mol. The van der Waals surface area contributed by atoms with Gasteiger partial charge in [-0.1, -0.05) is 6.07 Å². The van der Waals surface area contributed by atoms with E-state index in [4.69, 9.17) is 6.42 Å². The van der Waals surface area contributed by atoms with E-state index in [9.17, 15) is 4.79 Å². The maximum atomic E-state index is 11.6. The van der Waals surface area contributed by atoms with Crippen LogP contribution in [0.25, 0.3) is 0 Å². The van der Waals surface area contributed by atoms with Crippen molar-refractivity contribution in [3.8, 4) is 12.3 Å². The van der Waals surface area contributed by atoms with Crippen LogP contribution in [0.3, 0.4) is 0 Å². The van der Waals surface area contributed by atoms with E-state index >= 15 is 0 Å². The van der Waals surface area contributed by atoms with Crippen molar-refractivity contribution in [3.05, 3.63) is 22.4 Å². The summed E-state index contributed by atoms with van der Waals surface area (Å²) in [5.41, 5.74) is 2.83. The van der Waals surface area contributed by atoms with Crippen molar-refractivity contribution in [2.75, 3.05) is 20.6 Å². The lowest BCUT2D eigenvalue weighted by Gasteiger charge is -2.26. The maximum Gasteiger partial charge on any atom is 0.306 e. The second-order valence-corrected chi connectivity index (χ2v) is 4.41. The van der Waals surface area contributed by atoms with Gasteiger partial charge in [0.05, 0.1) is 19.0 Å². The normalized spacial score (nSPS) is 9.93. The van der Waals surface area contributed by atoms with E-state index < -0.39 is 0 Å². The van der Waals surface area contributed by atoms with Crippen LogP contribution in [0.4, 0.5) is 0 Å². The number of thiophene rings is 1. The van der Waals surface area contributed by atoms with E-state index in [0.29, 0.717) is 16.0 Å². The van der Waals surface area contributed by atoms with Crippen molar-refractivity contribution in [1.82, 2.24) is 5.43 Å². The molecule has 0 bridgehead atoms. The number of rotatable bonds is 3. The first-order valence-electron chi connectivity index (χ1n) is 4.18. The molecule has 0 spiro atoms. The lowest BCUT2D eigenvalue weighted by atomic mass is 10.4. The van der Waals surface area contributed by atoms with Crippen molar-refractivity contribution in [2.45, 2.75) is 0 Å². The molecule has 0 saturated heterocycles. The van der Waals surface area contributed by atoms with E-state index in [-0.39, 0.29) is 22.9 Å². The van der Waals surface area contributed by atoms with Crippen molar-refractivity contribution in [1.29, 1.82) is 0 Å². The smallest absolute Gasteiger partial charge is 0.306 e. The summed E-state index contributed by atoms with van der Waals surface area (Å²) in [6, 6.07) is 3.64. The zero-order chi connectivity index (χ0) is 10.6. The van der Waals surface area contributed by atoms with E-state index in [1.165, 1.54) is 11.3 Å². The van der Waals surface area contributed by atoms with Gasteiger partial charge in [0.2, 0.25) is 0 Å². The molecule has 1 heterocycles. The summed E-state index contributed by atoms with van der Waals surface area (Å²) in [7, 11) is 3.71. The van der Waals surface area contributed by atoms with Gasteiger partial charge >= 0.3 is 5.91 Å². The van der Waals surface area contributed by atoms with Crippen LogP contribution in [0, 0.1) is 12.3 Å². The molecule has 82 valence electrons. The van der Waals surface area contributed by atoms with Gasteiger partial charge in [-0.25, -0.2) is 4.59 Å². The zero-order valence-electron chi connectivity index (χ0n) is 8.66. The van der Waals surface area contributed by atoms with Gasteiger partial charge in [0.25, 0.3) is 0 Å². The third kappa shape index (κ3) is 4.47. The third-order valence-corrected chi connectivity index (χ3v) is 2.50. The first kappa shape index (κ1) is 14.2. The molecular weight excluding hydrogens is 276 g/mol. The number of nitrogens with zero attached hydrogens (tertiary/aromatic N) is 1. The van der Waals surface area contributed by atoms with Crippen molar-refractivity contribution < 1.29 is 26.4 Å². The summed E-state index contributed by atoms with van der Waals surface area (Å²) >= 11 is 1.42. The fourth-order valence-corrected chi connectivity index (χ4v) is 1.62. The Labute approximate surface area is 104 Å². The molecule has 5 heteroatoms. The van der Waals surface area contributed by atoms with Gasteiger partial charge in [-0.2, -0.15) is 5.43 Å². The number of hydrogen-bond acceptors (Lipinski definition) is 2. The third-order valence-electron chi connectivity index (χ3n) is 1.64. The highest BCUT2D eigenvalue weighted by Crippen LogP contribution is 2.08. The van der Waals surface area contributed by atoms with Gasteiger partial charge in [0, 0.05) is 0 Å². The number of hydrogen-bond donors (Lipinski definition) is 1. The minimum atomic E-state index is -0.0831. The number of amides is 1. The Morgan fingerprint density at radius 3 is 2.80 bits per heavy atom. The molecule has 3 nitrogen and oxygen atoms in total. The molecule has 0 aliphatic heterocycles. The number of nitrogens with one attached hydrogen (secondary N) is 1. The van der Waals surface area contributed by atoms with E-state index in [1.54, 1.807) is 6.07 Å². The Morgan fingerprint density at radius 2 is 2.33 bits per heavy atom. The lowest BCUT2D eigenvalue weighted by Crippen LogP contribution is -3.00. The molecule has 0 radical (unpaired) electrons. The largest absolute Gasteiger partial charge is 1.00 e. The summed E-state index contributed by atoms with van der Waals surface area (Å²) in [5.74, 6) is 2.44. The Balaban J connectivity index is 0.00000196. The fourth-order valence-electron chi connectivity index (χ4n) is 1.01. The zero-order valence-corrected chi connectivity index (χ0v) is 11.1. The Morgan fingerprint density at radius 1 is 1.67 bits per heavy atom. The quantitative estimate of drug-likeness (QED) is 0.393. The van der Waals surface area contributed by atoms with E-state index in [0.717, 1.165) is 0 Å². The number of carbonyl (C=O) groups is 1. The van der Waals surface area contributed by atoms with Crippen LogP contribution in [0.15, 0.2) is 17.5 Å². The van der Waals surface area contributed by atoms with Gasteiger partial charge in [-0.15, -0.1) is 17.8 Å². The molecule has 15 heavy (non-hydrogen) atoms. The molecule has 1 aromatic rings. The summed E-state index contributed by atoms with van der Waals surface area (Å²) in [6.45, 7) is 0.469. The number of halogens is 1. The standard InChI is InChI=1S/C10H12N2OS.BrH/c1-4-7-12(2,3)11-10(13)9-6-5-8-14-9;/h1,5-6,8H,7H2,2-3H3;1H.